The Hall–Kier alpha value is -1.92. The van der Waals surface area contributed by atoms with Gasteiger partial charge in [0.1, 0.15) is 6.20 Å². The Morgan fingerprint density at radius 2 is 2.44 bits per heavy atom. The van der Waals surface area contributed by atoms with Crippen molar-refractivity contribution in [2.45, 2.75) is 13.3 Å². The zero-order valence-corrected chi connectivity index (χ0v) is 8.96. The predicted molar refractivity (Wildman–Crippen MR) is 59.1 cm³/mol. The van der Waals surface area contributed by atoms with E-state index < -0.39 is 4.92 Å². The SMILES string of the molecule is CC1CCN(c2ncc([N+](=O)[O-])c(N)n2)C1. The maximum Gasteiger partial charge on any atom is 0.329 e. The summed E-state index contributed by atoms with van der Waals surface area (Å²) in [5, 5.41) is 10.5. The fraction of sp³-hybridized carbons (Fsp3) is 0.556. The molecular weight excluding hydrogens is 210 g/mol. The summed E-state index contributed by atoms with van der Waals surface area (Å²) in [6, 6.07) is 0. The quantitative estimate of drug-likeness (QED) is 0.588. The number of hydrogen-bond acceptors (Lipinski definition) is 6. The molecule has 0 spiro atoms. The van der Waals surface area contributed by atoms with Gasteiger partial charge in [0.15, 0.2) is 0 Å². The van der Waals surface area contributed by atoms with Gasteiger partial charge >= 0.3 is 5.69 Å². The Morgan fingerprint density at radius 3 is 2.94 bits per heavy atom. The van der Waals surface area contributed by atoms with Crippen LogP contribution in [0.2, 0.25) is 0 Å². The van der Waals surface area contributed by atoms with E-state index in [4.69, 9.17) is 5.73 Å². The summed E-state index contributed by atoms with van der Waals surface area (Å²) in [5.41, 5.74) is 5.27. The van der Waals surface area contributed by atoms with Crippen LogP contribution in [0.15, 0.2) is 6.20 Å². The van der Waals surface area contributed by atoms with Gasteiger partial charge in [0.05, 0.1) is 4.92 Å². The van der Waals surface area contributed by atoms with Crippen LogP contribution in [0.1, 0.15) is 13.3 Å². The number of nitrogen functional groups attached to an aromatic ring is 1. The zero-order valence-electron chi connectivity index (χ0n) is 8.96. The molecule has 7 nitrogen and oxygen atoms in total. The molecule has 86 valence electrons. The summed E-state index contributed by atoms with van der Waals surface area (Å²) >= 11 is 0. The van der Waals surface area contributed by atoms with Crippen LogP contribution < -0.4 is 10.6 Å². The van der Waals surface area contributed by atoms with Crippen LogP contribution in [0.3, 0.4) is 0 Å². The number of hydrogen-bond donors (Lipinski definition) is 1. The third-order valence-corrected chi connectivity index (χ3v) is 2.69. The molecule has 2 N–H and O–H groups in total. The molecule has 0 radical (unpaired) electrons. The molecule has 1 saturated heterocycles. The number of nitrogens with two attached hydrogens (primary N) is 1. The van der Waals surface area contributed by atoms with Crippen LogP contribution in [0.25, 0.3) is 0 Å². The van der Waals surface area contributed by atoms with E-state index in [9.17, 15) is 10.1 Å². The minimum Gasteiger partial charge on any atom is -0.378 e. The topological polar surface area (TPSA) is 98.2 Å². The first-order chi connectivity index (χ1) is 7.58. The maximum atomic E-state index is 10.5. The molecule has 1 atom stereocenters. The molecular formula is C9H13N5O2. The summed E-state index contributed by atoms with van der Waals surface area (Å²) < 4.78 is 0. The summed E-state index contributed by atoms with van der Waals surface area (Å²) in [7, 11) is 0. The first-order valence-electron chi connectivity index (χ1n) is 5.10. The third kappa shape index (κ3) is 1.88. The van der Waals surface area contributed by atoms with Gasteiger partial charge in [0, 0.05) is 13.1 Å². The van der Waals surface area contributed by atoms with E-state index >= 15 is 0 Å². The van der Waals surface area contributed by atoms with Crippen molar-refractivity contribution in [3.8, 4) is 0 Å². The normalized spacial score (nSPS) is 20.1. The minimum absolute atomic E-state index is 0.0745. The van der Waals surface area contributed by atoms with Crippen molar-refractivity contribution in [1.82, 2.24) is 9.97 Å². The third-order valence-electron chi connectivity index (χ3n) is 2.69. The van der Waals surface area contributed by atoms with E-state index in [1.807, 2.05) is 4.90 Å². The molecule has 7 heteroatoms. The average molecular weight is 223 g/mol. The summed E-state index contributed by atoms with van der Waals surface area (Å²) in [4.78, 5) is 19.9. The standard InChI is InChI=1S/C9H13N5O2/c1-6-2-3-13(5-6)9-11-4-7(14(15)16)8(10)12-9/h4,6H,2-3,5H2,1H3,(H2,10,11,12). The lowest BCUT2D eigenvalue weighted by atomic mass is 10.2. The van der Waals surface area contributed by atoms with E-state index in [0.717, 1.165) is 19.5 Å². The van der Waals surface area contributed by atoms with Gasteiger partial charge in [-0.2, -0.15) is 4.98 Å². The number of rotatable bonds is 2. The van der Waals surface area contributed by atoms with Crippen molar-refractivity contribution in [3.63, 3.8) is 0 Å². The fourth-order valence-electron chi connectivity index (χ4n) is 1.79. The van der Waals surface area contributed by atoms with E-state index in [-0.39, 0.29) is 11.5 Å². The van der Waals surface area contributed by atoms with Gasteiger partial charge in [-0.25, -0.2) is 4.98 Å². The molecule has 2 rings (SSSR count). The van der Waals surface area contributed by atoms with Crippen LogP contribution in [-0.4, -0.2) is 28.0 Å². The monoisotopic (exact) mass is 223 g/mol. The van der Waals surface area contributed by atoms with E-state index in [1.165, 1.54) is 6.20 Å². The van der Waals surface area contributed by atoms with Crippen molar-refractivity contribution < 1.29 is 4.92 Å². The Morgan fingerprint density at radius 1 is 1.69 bits per heavy atom. The molecule has 1 aliphatic rings. The van der Waals surface area contributed by atoms with Crippen molar-refractivity contribution in [3.05, 3.63) is 16.3 Å². The minimum atomic E-state index is -0.578. The van der Waals surface area contributed by atoms with Gasteiger partial charge in [-0.05, 0) is 12.3 Å². The Bertz CT molecular complexity index is 422. The Kier molecular flexibility index (Phi) is 2.59. The molecule has 2 heterocycles. The Labute approximate surface area is 92.4 Å². The molecule has 0 aliphatic carbocycles. The van der Waals surface area contributed by atoms with E-state index in [0.29, 0.717) is 11.9 Å². The lowest BCUT2D eigenvalue weighted by molar-refractivity contribution is -0.384. The summed E-state index contributed by atoms with van der Waals surface area (Å²) in [5.74, 6) is 1.00. The van der Waals surface area contributed by atoms with Crippen LogP contribution in [0.5, 0.6) is 0 Å². The van der Waals surface area contributed by atoms with Gasteiger partial charge < -0.3 is 10.6 Å². The maximum absolute atomic E-state index is 10.5. The van der Waals surface area contributed by atoms with Crippen LogP contribution in [-0.2, 0) is 0 Å². The van der Waals surface area contributed by atoms with Crippen LogP contribution in [0.4, 0.5) is 17.5 Å². The first-order valence-corrected chi connectivity index (χ1v) is 5.10. The summed E-state index contributed by atoms with van der Waals surface area (Å²) in [6.07, 6.45) is 2.25. The molecule has 1 unspecified atom stereocenters. The molecule has 0 aromatic carbocycles. The molecule has 0 saturated carbocycles. The molecule has 1 aromatic heterocycles. The first kappa shape index (κ1) is 10.6. The highest BCUT2D eigenvalue weighted by Gasteiger charge is 2.23. The lowest BCUT2D eigenvalue weighted by Crippen LogP contribution is -2.22. The second-order valence-electron chi connectivity index (χ2n) is 4.04. The molecule has 0 amide bonds. The highest BCUT2D eigenvalue weighted by Crippen LogP contribution is 2.24. The van der Waals surface area contributed by atoms with Crippen LogP contribution >= 0.6 is 0 Å². The number of aromatic nitrogens is 2. The van der Waals surface area contributed by atoms with Gasteiger partial charge in [-0.15, -0.1) is 0 Å². The second kappa shape index (κ2) is 3.92. The molecule has 1 fully saturated rings. The highest BCUT2D eigenvalue weighted by atomic mass is 16.6. The van der Waals surface area contributed by atoms with Gasteiger partial charge in [0.2, 0.25) is 11.8 Å². The van der Waals surface area contributed by atoms with Crippen molar-refractivity contribution >= 4 is 17.5 Å². The van der Waals surface area contributed by atoms with Crippen LogP contribution in [0, 0.1) is 16.0 Å². The van der Waals surface area contributed by atoms with Gasteiger partial charge in [0.25, 0.3) is 0 Å². The largest absolute Gasteiger partial charge is 0.378 e. The number of nitro groups is 1. The van der Waals surface area contributed by atoms with Gasteiger partial charge in [-0.3, -0.25) is 10.1 Å². The predicted octanol–water partition coefficient (Wildman–Crippen LogP) is 0.813. The second-order valence-corrected chi connectivity index (χ2v) is 4.04. The summed E-state index contributed by atoms with van der Waals surface area (Å²) in [6.45, 7) is 3.89. The van der Waals surface area contributed by atoms with Crippen molar-refractivity contribution in [2.24, 2.45) is 5.92 Å². The molecule has 16 heavy (non-hydrogen) atoms. The van der Waals surface area contributed by atoms with Gasteiger partial charge in [-0.1, -0.05) is 6.92 Å². The molecule has 1 aromatic rings. The highest BCUT2D eigenvalue weighted by molar-refractivity contribution is 5.53. The number of nitrogens with zero attached hydrogens (tertiary/aromatic N) is 4. The van der Waals surface area contributed by atoms with E-state index in [2.05, 4.69) is 16.9 Å². The Balaban J connectivity index is 2.24. The average Bonchev–Trinajstić information content (AvgIpc) is 2.64. The smallest absolute Gasteiger partial charge is 0.329 e. The molecule has 0 bridgehead atoms. The lowest BCUT2D eigenvalue weighted by Gasteiger charge is -2.15. The molecule has 1 aliphatic heterocycles. The fourth-order valence-corrected chi connectivity index (χ4v) is 1.79. The van der Waals surface area contributed by atoms with Crippen molar-refractivity contribution in [1.29, 1.82) is 0 Å². The van der Waals surface area contributed by atoms with E-state index in [1.54, 1.807) is 0 Å². The zero-order chi connectivity index (χ0) is 11.7. The number of anilines is 2. The van der Waals surface area contributed by atoms with Crippen molar-refractivity contribution in [2.75, 3.05) is 23.7 Å².